The molecule has 1 amide bonds. The molecule has 1 N–H and O–H groups in total. The Morgan fingerprint density at radius 1 is 1.26 bits per heavy atom. The van der Waals surface area contributed by atoms with Gasteiger partial charge in [-0.15, -0.1) is 0 Å². The maximum atomic E-state index is 13.0. The van der Waals surface area contributed by atoms with Crippen LogP contribution >= 0.6 is 11.6 Å². The lowest BCUT2D eigenvalue weighted by molar-refractivity contribution is -0.384. The summed E-state index contributed by atoms with van der Waals surface area (Å²) >= 11 is 5.78. The quantitative estimate of drug-likeness (QED) is 0.487. The van der Waals surface area contributed by atoms with Crippen LogP contribution in [0.3, 0.4) is 0 Å². The van der Waals surface area contributed by atoms with E-state index in [-0.39, 0.29) is 46.6 Å². The van der Waals surface area contributed by atoms with Gasteiger partial charge in [0.1, 0.15) is 15.7 Å². The lowest BCUT2D eigenvalue weighted by atomic mass is 10.1. The van der Waals surface area contributed by atoms with Crippen molar-refractivity contribution in [1.82, 2.24) is 4.31 Å². The van der Waals surface area contributed by atoms with Crippen molar-refractivity contribution in [2.75, 3.05) is 38.7 Å². The van der Waals surface area contributed by atoms with Crippen LogP contribution in [0, 0.1) is 10.1 Å². The number of methoxy groups -OCH3 is 1. The Labute approximate surface area is 183 Å². The average molecular weight is 470 g/mol. The molecule has 10 nitrogen and oxygen atoms in total. The first-order valence-electron chi connectivity index (χ1n) is 9.21. The van der Waals surface area contributed by atoms with Crippen LogP contribution in [0.15, 0.2) is 41.3 Å². The largest absolute Gasteiger partial charge is 0.495 e. The number of halogens is 1. The van der Waals surface area contributed by atoms with Gasteiger partial charge in [-0.3, -0.25) is 14.9 Å². The van der Waals surface area contributed by atoms with E-state index in [1.165, 1.54) is 35.7 Å². The van der Waals surface area contributed by atoms with E-state index in [1.807, 2.05) is 0 Å². The number of morpholine rings is 1. The SMILES string of the molecule is COc1ccc(CC(=O)Nc2ccc(Cl)c([N+](=O)[O-])c2)cc1S(=O)(=O)N1CCOCC1. The van der Waals surface area contributed by atoms with Gasteiger partial charge in [0.25, 0.3) is 5.69 Å². The number of amides is 1. The predicted molar refractivity (Wildman–Crippen MR) is 113 cm³/mol. The van der Waals surface area contributed by atoms with Crippen LogP contribution in [-0.2, 0) is 26.0 Å². The van der Waals surface area contributed by atoms with Gasteiger partial charge in [0.05, 0.1) is 31.7 Å². The minimum absolute atomic E-state index is 0.0377. The maximum Gasteiger partial charge on any atom is 0.289 e. The summed E-state index contributed by atoms with van der Waals surface area (Å²) in [7, 11) is -2.47. The van der Waals surface area contributed by atoms with Crippen molar-refractivity contribution in [2.24, 2.45) is 0 Å². The molecule has 0 aromatic heterocycles. The monoisotopic (exact) mass is 469 g/mol. The Morgan fingerprint density at radius 2 is 1.97 bits per heavy atom. The van der Waals surface area contributed by atoms with E-state index in [4.69, 9.17) is 21.1 Å². The second kappa shape index (κ2) is 9.60. The molecule has 1 heterocycles. The van der Waals surface area contributed by atoms with Crippen molar-refractivity contribution in [3.05, 3.63) is 57.1 Å². The predicted octanol–water partition coefficient (Wildman–Crippen LogP) is 2.46. The van der Waals surface area contributed by atoms with Crippen LogP contribution in [0.1, 0.15) is 5.56 Å². The Kier molecular flexibility index (Phi) is 7.11. The molecule has 0 saturated carbocycles. The number of carbonyl (C=O) groups excluding carboxylic acids is 1. The third kappa shape index (κ3) is 5.31. The van der Waals surface area contributed by atoms with Gasteiger partial charge in [-0.05, 0) is 29.8 Å². The number of nitrogens with one attached hydrogen (secondary N) is 1. The van der Waals surface area contributed by atoms with E-state index < -0.39 is 20.9 Å². The van der Waals surface area contributed by atoms with Gasteiger partial charge in [0.2, 0.25) is 15.9 Å². The fourth-order valence-corrected chi connectivity index (χ4v) is 4.88. The van der Waals surface area contributed by atoms with Gasteiger partial charge in [0, 0.05) is 24.8 Å². The number of hydrogen-bond acceptors (Lipinski definition) is 7. The molecule has 0 unspecified atom stereocenters. The molecule has 1 aliphatic heterocycles. The summed E-state index contributed by atoms with van der Waals surface area (Å²) in [6.45, 7) is 1.06. The van der Waals surface area contributed by atoms with Crippen LogP contribution in [0.4, 0.5) is 11.4 Å². The van der Waals surface area contributed by atoms with E-state index in [0.717, 1.165) is 6.07 Å². The van der Waals surface area contributed by atoms with Crippen LogP contribution in [0.25, 0.3) is 0 Å². The summed E-state index contributed by atoms with van der Waals surface area (Å²) in [6.07, 6.45) is -0.147. The summed E-state index contributed by atoms with van der Waals surface area (Å²) < 4.78 is 37.8. The number of ether oxygens (including phenoxy) is 2. The highest BCUT2D eigenvalue weighted by Gasteiger charge is 2.29. The van der Waals surface area contributed by atoms with E-state index in [2.05, 4.69) is 5.32 Å². The highest BCUT2D eigenvalue weighted by atomic mass is 35.5. The minimum atomic E-state index is -3.83. The summed E-state index contributed by atoms with van der Waals surface area (Å²) in [5.74, 6) is -0.305. The topological polar surface area (TPSA) is 128 Å². The third-order valence-corrected chi connectivity index (χ3v) is 6.85. The first kappa shape index (κ1) is 22.9. The number of nitro groups is 1. The molecule has 1 aliphatic rings. The Hall–Kier alpha value is -2.73. The zero-order chi connectivity index (χ0) is 22.6. The standard InChI is InChI=1S/C19H20ClN3O7S/c1-29-17-5-2-13(10-18(17)31(27,28)22-6-8-30-9-7-22)11-19(24)21-14-3-4-15(20)16(12-14)23(25)26/h2-5,10,12H,6-9,11H2,1H3,(H,21,24). The molecule has 2 aromatic rings. The van der Waals surface area contributed by atoms with Crippen molar-refractivity contribution in [3.63, 3.8) is 0 Å². The fraction of sp³-hybridized carbons (Fsp3) is 0.316. The van der Waals surface area contributed by atoms with Gasteiger partial charge in [-0.2, -0.15) is 4.31 Å². The van der Waals surface area contributed by atoms with E-state index in [9.17, 15) is 23.3 Å². The molecule has 166 valence electrons. The van der Waals surface area contributed by atoms with Crippen LogP contribution in [0.5, 0.6) is 5.75 Å². The lowest BCUT2D eigenvalue weighted by Gasteiger charge is -2.26. The van der Waals surface area contributed by atoms with Crippen molar-refractivity contribution < 1.29 is 27.6 Å². The van der Waals surface area contributed by atoms with Crippen LogP contribution in [-0.4, -0.2) is 57.0 Å². The summed E-state index contributed by atoms with van der Waals surface area (Å²) in [6, 6.07) is 8.38. The van der Waals surface area contributed by atoms with Crippen molar-refractivity contribution in [1.29, 1.82) is 0 Å². The normalized spacial score (nSPS) is 14.8. The molecule has 1 saturated heterocycles. The first-order valence-corrected chi connectivity index (χ1v) is 11.0. The van der Waals surface area contributed by atoms with Gasteiger partial charge >= 0.3 is 0 Å². The molecular weight excluding hydrogens is 450 g/mol. The zero-order valence-electron chi connectivity index (χ0n) is 16.5. The summed E-state index contributed by atoms with van der Waals surface area (Å²) in [4.78, 5) is 22.8. The number of nitrogens with zero attached hydrogens (tertiary/aromatic N) is 2. The van der Waals surface area contributed by atoms with E-state index in [1.54, 1.807) is 6.07 Å². The minimum Gasteiger partial charge on any atom is -0.495 e. The van der Waals surface area contributed by atoms with E-state index >= 15 is 0 Å². The second-order valence-electron chi connectivity index (χ2n) is 6.65. The van der Waals surface area contributed by atoms with Gasteiger partial charge in [-0.1, -0.05) is 17.7 Å². The van der Waals surface area contributed by atoms with Crippen molar-refractivity contribution >= 4 is 38.9 Å². The number of benzene rings is 2. The third-order valence-electron chi connectivity index (χ3n) is 4.61. The fourth-order valence-electron chi connectivity index (χ4n) is 3.08. The number of rotatable bonds is 7. The molecule has 1 fully saturated rings. The molecule has 0 radical (unpaired) electrons. The van der Waals surface area contributed by atoms with Gasteiger partial charge < -0.3 is 14.8 Å². The number of anilines is 1. The Morgan fingerprint density at radius 3 is 2.61 bits per heavy atom. The van der Waals surface area contributed by atoms with E-state index in [0.29, 0.717) is 18.8 Å². The second-order valence-corrected chi connectivity index (χ2v) is 8.96. The van der Waals surface area contributed by atoms with Crippen LogP contribution in [0.2, 0.25) is 5.02 Å². The molecule has 12 heteroatoms. The molecule has 0 atom stereocenters. The van der Waals surface area contributed by atoms with Gasteiger partial charge in [0.15, 0.2) is 0 Å². The molecule has 31 heavy (non-hydrogen) atoms. The number of hydrogen-bond donors (Lipinski definition) is 1. The Balaban J connectivity index is 1.81. The van der Waals surface area contributed by atoms with Crippen molar-refractivity contribution in [2.45, 2.75) is 11.3 Å². The average Bonchev–Trinajstić information content (AvgIpc) is 2.75. The highest BCUT2D eigenvalue weighted by Crippen LogP contribution is 2.29. The molecular formula is C19H20ClN3O7S. The smallest absolute Gasteiger partial charge is 0.289 e. The van der Waals surface area contributed by atoms with Gasteiger partial charge in [-0.25, -0.2) is 8.42 Å². The highest BCUT2D eigenvalue weighted by molar-refractivity contribution is 7.89. The summed E-state index contributed by atoms with van der Waals surface area (Å²) in [5, 5.41) is 13.5. The zero-order valence-corrected chi connectivity index (χ0v) is 18.1. The maximum absolute atomic E-state index is 13.0. The molecule has 0 spiro atoms. The van der Waals surface area contributed by atoms with Crippen LogP contribution < -0.4 is 10.1 Å². The number of carbonyl (C=O) groups is 1. The Bertz CT molecular complexity index is 1100. The number of nitro benzene ring substituents is 1. The molecule has 0 bridgehead atoms. The molecule has 0 aliphatic carbocycles. The lowest BCUT2D eigenvalue weighted by Crippen LogP contribution is -2.40. The molecule has 2 aromatic carbocycles. The summed E-state index contributed by atoms with van der Waals surface area (Å²) in [5.41, 5.74) is 0.312. The first-order chi connectivity index (χ1) is 14.7. The van der Waals surface area contributed by atoms with Crippen molar-refractivity contribution in [3.8, 4) is 5.75 Å². The molecule has 3 rings (SSSR count). The number of sulfonamides is 1.